The first-order chi connectivity index (χ1) is 9.25. The number of amides is 1. The third kappa shape index (κ3) is 4.14. The predicted molar refractivity (Wildman–Crippen MR) is 77.8 cm³/mol. The summed E-state index contributed by atoms with van der Waals surface area (Å²) in [5.74, 6) is -0.320. The maximum absolute atomic E-state index is 11.5. The van der Waals surface area contributed by atoms with E-state index in [4.69, 9.17) is 5.73 Å². The van der Waals surface area contributed by atoms with Gasteiger partial charge in [0.05, 0.1) is 0 Å². The van der Waals surface area contributed by atoms with E-state index in [1.807, 2.05) is 48.5 Å². The first-order valence-corrected chi connectivity index (χ1v) is 6.40. The molecule has 3 heteroatoms. The summed E-state index contributed by atoms with van der Waals surface area (Å²) in [6.07, 6.45) is 1.52. The van der Waals surface area contributed by atoms with Gasteiger partial charge >= 0.3 is 0 Å². The standard InChI is InChI=1S/C16H18N2O/c17-16(19)15(18-14-9-5-2-6-10-14)12-11-13-7-3-1-4-8-13/h1-10,15,18H,11-12H2,(H2,17,19). The zero-order valence-corrected chi connectivity index (χ0v) is 10.8. The number of nitrogens with one attached hydrogen (secondary N) is 1. The molecule has 2 aromatic carbocycles. The van der Waals surface area contributed by atoms with Crippen molar-refractivity contribution in [2.75, 3.05) is 5.32 Å². The molecule has 0 heterocycles. The normalized spacial score (nSPS) is 11.8. The maximum atomic E-state index is 11.5. The lowest BCUT2D eigenvalue weighted by Gasteiger charge is -2.16. The Balaban J connectivity index is 1.95. The van der Waals surface area contributed by atoms with E-state index in [1.54, 1.807) is 0 Å². The number of rotatable bonds is 6. The maximum Gasteiger partial charge on any atom is 0.239 e. The van der Waals surface area contributed by atoms with Crippen LogP contribution in [0, 0.1) is 0 Å². The molecule has 2 aromatic rings. The van der Waals surface area contributed by atoms with Crippen LogP contribution in [0.15, 0.2) is 60.7 Å². The molecule has 0 saturated heterocycles. The van der Waals surface area contributed by atoms with E-state index >= 15 is 0 Å². The number of primary amides is 1. The summed E-state index contributed by atoms with van der Waals surface area (Å²) in [5, 5.41) is 3.17. The molecule has 0 bridgehead atoms. The number of hydrogen-bond donors (Lipinski definition) is 2. The summed E-state index contributed by atoms with van der Waals surface area (Å²) < 4.78 is 0. The molecule has 0 aliphatic heterocycles. The van der Waals surface area contributed by atoms with Crippen molar-refractivity contribution in [1.82, 2.24) is 0 Å². The average Bonchev–Trinajstić information content (AvgIpc) is 2.45. The van der Waals surface area contributed by atoms with Gasteiger partial charge in [-0.15, -0.1) is 0 Å². The lowest BCUT2D eigenvalue weighted by Crippen LogP contribution is -2.35. The van der Waals surface area contributed by atoms with Crippen molar-refractivity contribution in [3.8, 4) is 0 Å². The number of benzene rings is 2. The highest BCUT2D eigenvalue weighted by atomic mass is 16.1. The number of anilines is 1. The van der Waals surface area contributed by atoms with Crippen molar-refractivity contribution >= 4 is 11.6 Å². The molecule has 1 atom stereocenters. The summed E-state index contributed by atoms with van der Waals surface area (Å²) in [5.41, 5.74) is 7.58. The van der Waals surface area contributed by atoms with E-state index in [0.717, 1.165) is 12.1 Å². The lowest BCUT2D eigenvalue weighted by molar-refractivity contribution is -0.118. The van der Waals surface area contributed by atoms with Gasteiger partial charge in [-0.1, -0.05) is 48.5 Å². The molecule has 98 valence electrons. The number of para-hydroxylation sites is 1. The molecule has 3 N–H and O–H groups in total. The molecule has 0 saturated carbocycles. The van der Waals surface area contributed by atoms with Gasteiger partial charge < -0.3 is 11.1 Å². The molecule has 1 unspecified atom stereocenters. The fourth-order valence-electron chi connectivity index (χ4n) is 1.98. The predicted octanol–water partition coefficient (Wildman–Crippen LogP) is 2.59. The summed E-state index contributed by atoms with van der Waals surface area (Å²) in [6.45, 7) is 0. The Labute approximate surface area is 113 Å². The molecule has 0 radical (unpaired) electrons. The first kappa shape index (κ1) is 13.1. The Morgan fingerprint density at radius 2 is 1.58 bits per heavy atom. The van der Waals surface area contributed by atoms with Gasteiger partial charge in [-0.05, 0) is 30.5 Å². The number of hydrogen-bond acceptors (Lipinski definition) is 2. The quantitative estimate of drug-likeness (QED) is 0.832. The van der Waals surface area contributed by atoms with Crippen molar-refractivity contribution in [2.24, 2.45) is 5.73 Å². The highest BCUT2D eigenvalue weighted by Gasteiger charge is 2.14. The Morgan fingerprint density at radius 1 is 1.00 bits per heavy atom. The fraction of sp³-hybridized carbons (Fsp3) is 0.188. The molecule has 19 heavy (non-hydrogen) atoms. The smallest absolute Gasteiger partial charge is 0.239 e. The minimum absolute atomic E-state index is 0.320. The number of carbonyl (C=O) groups excluding carboxylic acids is 1. The Kier molecular flexibility index (Phi) is 4.56. The average molecular weight is 254 g/mol. The highest BCUT2D eigenvalue weighted by molar-refractivity contribution is 5.82. The summed E-state index contributed by atoms with van der Waals surface area (Å²) in [6, 6.07) is 19.4. The van der Waals surface area contributed by atoms with E-state index in [-0.39, 0.29) is 11.9 Å². The van der Waals surface area contributed by atoms with Gasteiger partial charge in [-0.2, -0.15) is 0 Å². The molecular formula is C16H18N2O. The van der Waals surface area contributed by atoms with Gasteiger partial charge in [0.2, 0.25) is 5.91 Å². The van der Waals surface area contributed by atoms with Crippen LogP contribution in [-0.4, -0.2) is 11.9 Å². The van der Waals surface area contributed by atoms with Gasteiger partial charge in [0.1, 0.15) is 6.04 Å². The van der Waals surface area contributed by atoms with Crippen molar-refractivity contribution in [3.05, 3.63) is 66.2 Å². The minimum atomic E-state index is -0.345. The van der Waals surface area contributed by atoms with Crippen LogP contribution in [0.1, 0.15) is 12.0 Å². The largest absolute Gasteiger partial charge is 0.374 e. The van der Waals surface area contributed by atoms with E-state index in [1.165, 1.54) is 5.56 Å². The zero-order chi connectivity index (χ0) is 13.5. The van der Waals surface area contributed by atoms with Gasteiger partial charge in [0.15, 0.2) is 0 Å². The third-order valence-corrected chi connectivity index (χ3v) is 3.02. The molecular weight excluding hydrogens is 236 g/mol. The SMILES string of the molecule is NC(=O)C(CCc1ccccc1)Nc1ccccc1. The second-order valence-corrected chi connectivity index (χ2v) is 4.49. The second kappa shape index (κ2) is 6.59. The molecule has 0 aromatic heterocycles. The van der Waals surface area contributed by atoms with Crippen molar-refractivity contribution in [2.45, 2.75) is 18.9 Å². The van der Waals surface area contributed by atoms with Gasteiger partial charge in [-0.3, -0.25) is 4.79 Å². The molecule has 3 nitrogen and oxygen atoms in total. The van der Waals surface area contributed by atoms with E-state index in [9.17, 15) is 4.79 Å². The van der Waals surface area contributed by atoms with Gasteiger partial charge in [0, 0.05) is 5.69 Å². The van der Waals surface area contributed by atoms with Crippen molar-refractivity contribution < 1.29 is 4.79 Å². The van der Waals surface area contributed by atoms with Crippen LogP contribution in [0.25, 0.3) is 0 Å². The van der Waals surface area contributed by atoms with Gasteiger partial charge in [-0.25, -0.2) is 0 Å². The second-order valence-electron chi connectivity index (χ2n) is 4.49. The van der Waals surface area contributed by atoms with Crippen LogP contribution in [-0.2, 0) is 11.2 Å². The Morgan fingerprint density at radius 3 is 2.16 bits per heavy atom. The summed E-state index contributed by atoms with van der Waals surface area (Å²) in [7, 11) is 0. The molecule has 0 fully saturated rings. The molecule has 0 aliphatic rings. The van der Waals surface area contributed by atoms with Crippen LogP contribution in [0.4, 0.5) is 5.69 Å². The number of carbonyl (C=O) groups is 1. The summed E-state index contributed by atoms with van der Waals surface area (Å²) in [4.78, 5) is 11.5. The Hall–Kier alpha value is -2.29. The van der Waals surface area contributed by atoms with Crippen LogP contribution in [0.5, 0.6) is 0 Å². The number of nitrogens with two attached hydrogens (primary N) is 1. The topological polar surface area (TPSA) is 55.1 Å². The molecule has 0 aliphatic carbocycles. The minimum Gasteiger partial charge on any atom is -0.374 e. The van der Waals surface area contributed by atoms with Crippen LogP contribution in [0.2, 0.25) is 0 Å². The molecule has 0 spiro atoms. The van der Waals surface area contributed by atoms with Crippen LogP contribution in [0.3, 0.4) is 0 Å². The highest BCUT2D eigenvalue weighted by Crippen LogP contribution is 2.11. The zero-order valence-electron chi connectivity index (χ0n) is 10.8. The molecule has 2 rings (SSSR count). The lowest BCUT2D eigenvalue weighted by atomic mass is 10.0. The van der Waals surface area contributed by atoms with E-state index in [0.29, 0.717) is 6.42 Å². The summed E-state index contributed by atoms with van der Waals surface area (Å²) >= 11 is 0. The molecule has 1 amide bonds. The van der Waals surface area contributed by atoms with Crippen LogP contribution < -0.4 is 11.1 Å². The van der Waals surface area contributed by atoms with E-state index in [2.05, 4.69) is 17.4 Å². The first-order valence-electron chi connectivity index (χ1n) is 6.40. The monoisotopic (exact) mass is 254 g/mol. The third-order valence-electron chi connectivity index (χ3n) is 3.02. The van der Waals surface area contributed by atoms with E-state index < -0.39 is 0 Å². The van der Waals surface area contributed by atoms with Crippen molar-refractivity contribution in [3.63, 3.8) is 0 Å². The fourth-order valence-corrected chi connectivity index (χ4v) is 1.98. The van der Waals surface area contributed by atoms with Crippen molar-refractivity contribution in [1.29, 1.82) is 0 Å². The Bertz CT molecular complexity index is 511. The van der Waals surface area contributed by atoms with Gasteiger partial charge in [0.25, 0.3) is 0 Å². The van der Waals surface area contributed by atoms with Crippen LogP contribution >= 0.6 is 0 Å². The number of aryl methyl sites for hydroxylation is 1.